The number of furan rings is 1. The first-order chi connectivity index (χ1) is 12.2. The lowest BCUT2D eigenvalue weighted by Crippen LogP contribution is -2.13. The number of nitrogens with one attached hydrogen (secondary N) is 1. The molecule has 130 valence electrons. The number of carbonyl (C=O) groups excluding carboxylic acids is 1. The van der Waals surface area contributed by atoms with E-state index in [-0.39, 0.29) is 17.5 Å². The van der Waals surface area contributed by atoms with E-state index >= 15 is 0 Å². The summed E-state index contributed by atoms with van der Waals surface area (Å²) in [4.78, 5) is 12.4. The number of aromatic nitrogens is 2. The minimum atomic E-state index is -0.478. The van der Waals surface area contributed by atoms with Crippen molar-refractivity contribution in [2.24, 2.45) is 0 Å². The van der Waals surface area contributed by atoms with Gasteiger partial charge in [0.25, 0.3) is 11.8 Å². The van der Waals surface area contributed by atoms with Crippen LogP contribution in [-0.4, -0.2) is 37.4 Å². The highest BCUT2D eigenvalue weighted by Gasteiger charge is 2.19. The zero-order valence-electron chi connectivity index (χ0n) is 13.7. The second-order valence-electron chi connectivity index (χ2n) is 4.76. The second kappa shape index (κ2) is 6.95. The van der Waals surface area contributed by atoms with Gasteiger partial charge in [0.2, 0.25) is 5.75 Å². The quantitative estimate of drug-likeness (QED) is 0.726. The summed E-state index contributed by atoms with van der Waals surface area (Å²) >= 11 is 0. The van der Waals surface area contributed by atoms with E-state index in [4.69, 9.17) is 23.0 Å². The molecule has 0 saturated heterocycles. The number of amides is 1. The van der Waals surface area contributed by atoms with Gasteiger partial charge in [-0.05, 0) is 24.3 Å². The fourth-order valence-corrected chi connectivity index (χ4v) is 2.16. The molecule has 3 rings (SSSR count). The van der Waals surface area contributed by atoms with E-state index in [1.807, 2.05) is 0 Å². The molecule has 9 nitrogen and oxygen atoms in total. The van der Waals surface area contributed by atoms with Gasteiger partial charge in [-0.3, -0.25) is 10.1 Å². The van der Waals surface area contributed by atoms with Crippen LogP contribution >= 0.6 is 0 Å². The van der Waals surface area contributed by atoms with Crippen molar-refractivity contribution in [3.63, 3.8) is 0 Å². The minimum Gasteiger partial charge on any atom is -0.493 e. The number of benzene rings is 1. The predicted molar refractivity (Wildman–Crippen MR) is 86.1 cm³/mol. The Balaban J connectivity index is 1.84. The number of anilines is 1. The molecule has 0 fully saturated rings. The van der Waals surface area contributed by atoms with Gasteiger partial charge in [0.1, 0.15) is 0 Å². The van der Waals surface area contributed by atoms with Crippen LogP contribution in [0.1, 0.15) is 10.4 Å². The van der Waals surface area contributed by atoms with Crippen LogP contribution in [-0.2, 0) is 0 Å². The highest BCUT2D eigenvalue weighted by molar-refractivity contribution is 6.04. The summed E-state index contributed by atoms with van der Waals surface area (Å²) in [6.07, 6.45) is 1.48. The molecule has 1 aromatic carbocycles. The van der Waals surface area contributed by atoms with E-state index in [0.29, 0.717) is 23.0 Å². The molecule has 9 heteroatoms. The Kier molecular flexibility index (Phi) is 4.55. The Bertz CT molecular complexity index is 847. The first kappa shape index (κ1) is 16.4. The van der Waals surface area contributed by atoms with Gasteiger partial charge in [-0.25, -0.2) is 0 Å². The van der Waals surface area contributed by atoms with Crippen LogP contribution in [0.4, 0.5) is 6.01 Å². The normalized spacial score (nSPS) is 10.4. The maximum atomic E-state index is 12.4. The Hall–Kier alpha value is -3.49. The van der Waals surface area contributed by atoms with E-state index in [1.54, 1.807) is 12.1 Å². The van der Waals surface area contributed by atoms with Crippen molar-refractivity contribution in [3.8, 4) is 28.9 Å². The molecule has 0 aliphatic carbocycles. The summed E-state index contributed by atoms with van der Waals surface area (Å²) in [6.45, 7) is 0. The molecule has 0 spiro atoms. The Morgan fingerprint density at radius 2 is 1.80 bits per heavy atom. The van der Waals surface area contributed by atoms with Crippen LogP contribution in [0.25, 0.3) is 11.7 Å². The monoisotopic (exact) mass is 345 g/mol. The van der Waals surface area contributed by atoms with Gasteiger partial charge in [-0.15, -0.1) is 5.10 Å². The van der Waals surface area contributed by atoms with Crippen molar-refractivity contribution < 1.29 is 27.8 Å². The summed E-state index contributed by atoms with van der Waals surface area (Å²) < 4.78 is 26.2. The van der Waals surface area contributed by atoms with Crippen molar-refractivity contribution in [2.45, 2.75) is 0 Å². The zero-order valence-corrected chi connectivity index (χ0v) is 13.7. The maximum Gasteiger partial charge on any atom is 0.322 e. The summed E-state index contributed by atoms with van der Waals surface area (Å²) in [5, 5.41) is 10.1. The molecule has 0 radical (unpaired) electrons. The summed E-state index contributed by atoms with van der Waals surface area (Å²) in [5.74, 6) is 1.18. The molecule has 0 bridgehead atoms. The third kappa shape index (κ3) is 3.25. The number of rotatable bonds is 6. The van der Waals surface area contributed by atoms with Gasteiger partial charge in [-0.1, -0.05) is 5.10 Å². The molecule has 2 heterocycles. The Labute approximate surface area is 142 Å². The van der Waals surface area contributed by atoms with Crippen LogP contribution in [0.5, 0.6) is 17.2 Å². The lowest BCUT2D eigenvalue weighted by Gasteiger charge is -2.13. The number of hydrogen-bond donors (Lipinski definition) is 1. The SMILES string of the molecule is COc1cc(C(=O)Nc2nnc(-c3ccco3)o2)cc(OC)c1OC. The smallest absolute Gasteiger partial charge is 0.322 e. The van der Waals surface area contributed by atoms with E-state index < -0.39 is 5.91 Å². The van der Waals surface area contributed by atoms with E-state index in [0.717, 1.165) is 0 Å². The van der Waals surface area contributed by atoms with E-state index in [9.17, 15) is 4.79 Å². The molecule has 3 aromatic rings. The molecule has 0 aliphatic heterocycles. The topological polar surface area (TPSA) is 109 Å². The lowest BCUT2D eigenvalue weighted by molar-refractivity contribution is 0.102. The van der Waals surface area contributed by atoms with Gasteiger partial charge in [0.15, 0.2) is 17.3 Å². The minimum absolute atomic E-state index is 0.0647. The van der Waals surface area contributed by atoms with Crippen LogP contribution < -0.4 is 19.5 Å². The number of nitrogens with zero attached hydrogens (tertiary/aromatic N) is 2. The molecular weight excluding hydrogens is 330 g/mol. The fraction of sp³-hybridized carbons (Fsp3) is 0.188. The molecule has 0 aliphatic rings. The van der Waals surface area contributed by atoms with Crippen molar-refractivity contribution in [1.29, 1.82) is 0 Å². The number of methoxy groups -OCH3 is 3. The Morgan fingerprint density at radius 3 is 2.36 bits per heavy atom. The fourth-order valence-electron chi connectivity index (χ4n) is 2.16. The first-order valence-electron chi connectivity index (χ1n) is 7.15. The van der Waals surface area contributed by atoms with Crippen LogP contribution in [0.2, 0.25) is 0 Å². The molecule has 0 unspecified atom stereocenters. The highest BCUT2D eigenvalue weighted by atomic mass is 16.5. The van der Waals surface area contributed by atoms with Crippen LogP contribution in [0.15, 0.2) is 39.4 Å². The first-order valence-corrected chi connectivity index (χ1v) is 7.15. The average Bonchev–Trinajstić information content (AvgIpc) is 3.31. The Morgan fingerprint density at radius 1 is 1.08 bits per heavy atom. The standard InChI is InChI=1S/C16H15N3O6/c1-21-11-7-9(8-12(22-2)13(11)23-3)14(20)17-16-19-18-15(25-16)10-5-4-6-24-10/h4-8H,1-3H3,(H,17,19,20). The average molecular weight is 345 g/mol. The summed E-state index contributed by atoms with van der Waals surface area (Å²) in [5.41, 5.74) is 0.271. The molecule has 1 N–H and O–H groups in total. The van der Waals surface area contributed by atoms with Crippen LogP contribution in [0, 0.1) is 0 Å². The summed E-state index contributed by atoms with van der Waals surface area (Å²) in [6, 6.07) is 6.32. The van der Waals surface area contributed by atoms with Gasteiger partial charge in [-0.2, -0.15) is 0 Å². The molecule has 2 aromatic heterocycles. The van der Waals surface area contributed by atoms with Crippen LogP contribution in [0.3, 0.4) is 0 Å². The largest absolute Gasteiger partial charge is 0.493 e. The zero-order chi connectivity index (χ0) is 17.8. The van der Waals surface area contributed by atoms with E-state index in [1.165, 1.54) is 39.7 Å². The maximum absolute atomic E-state index is 12.4. The number of carbonyl (C=O) groups is 1. The third-order valence-corrected chi connectivity index (χ3v) is 3.30. The van der Waals surface area contributed by atoms with E-state index in [2.05, 4.69) is 15.5 Å². The van der Waals surface area contributed by atoms with Crippen molar-refractivity contribution in [3.05, 3.63) is 36.1 Å². The van der Waals surface area contributed by atoms with Gasteiger partial charge < -0.3 is 23.0 Å². The molecule has 25 heavy (non-hydrogen) atoms. The second-order valence-corrected chi connectivity index (χ2v) is 4.76. The third-order valence-electron chi connectivity index (χ3n) is 3.30. The van der Waals surface area contributed by atoms with Gasteiger partial charge in [0, 0.05) is 5.56 Å². The molecule has 0 atom stereocenters. The summed E-state index contributed by atoms with van der Waals surface area (Å²) in [7, 11) is 4.41. The molecule has 1 amide bonds. The number of hydrogen-bond acceptors (Lipinski definition) is 8. The number of ether oxygens (including phenoxy) is 3. The van der Waals surface area contributed by atoms with Crippen molar-refractivity contribution in [2.75, 3.05) is 26.6 Å². The molecular formula is C16H15N3O6. The van der Waals surface area contributed by atoms with Crippen molar-refractivity contribution >= 4 is 11.9 Å². The highest BCUT2D eigenvalue weighted by Crippen LogP contribution is 2.38. The van der Waals surface area contributed by atoms with Gasteiger partial charge >= 0.3 is 6.01 Å². The lowest BCUT2D eigenvalue weighted by atomic mass is 10.1. The van der Waals surface area contributed by atoms with Crippen molar-refractivity contribution in [1.82, 2.24) is 10.2 Å². The van der Waals surface area contributed by atoms with Gasteiger partial charge in [0.05, 0.1) is 27.6 Å². The predicted octanol–water partition coefficient (Wildman–Crippen LogP) is 2.61. The molecule has 0 saturated carbocycles.